The van der Waals surface area contributed by atoms with Crippen LogP contribution < -0.4 is 0 Å². The smallest absolute Gasteiger partial charge is 0.173 e. The molecule has 5 aliphatic carbocycles. The van der Waals surface area contributed by atoms with Crippen molar-refractivity contribution in [3.05, 3.63) is 11.6 Å². The van der Waals surface area contributed by atoms with Gasteiger partial charge in [0.05, 0.1) is 19.3 Å². The molecule has 0 amide bonds. The summed E-state index contributed by atoms with van der Waals surface area (Å²) in [6.45, 7) is 20.2. The van der Waals surface area contributed by atoms with Crippen molar-refractivity contribution in [2.24, 2.45) is 56.7 Å². The lowest BCUT2D eigenvalue weighted by Crippen LogP contribution is -2.69. The van der Waals surface area contributed by atoms with Crippen LogP contribution >= 0.6 is 0 Å². The fourth-order valence-electron chi connectivity index (χ4n) is 12.0. The topological polar surface area (TPSA) is 55.8 Å². The summed E-state index contributed by atoms with van der Waals surface area (Å²) in [5.74, 6) is 1.59. The number of carbonyl (C=O) groups is 1. The van der Waals surface area contributed by atoms with Crippen LogP contribution in [0.5, 0.6) is 0 Å². The predicted molar refractivity (Wildman–Crippen MR) is 146 cm³/mol. The minimum absolute atomic E-state index is 0.0338. The molecule has 1 spiro atoms. The fourth-order valence-corrected chi connectivity index (χ4v) is 12.0. The lowest BCUT2D eigenvalue weighted by atomic mass is 9.33. The van der Waals surface area contributed by atoms with E-state index in [4.69, 9.17) is 9.47 Å². The van der Waals surface area contributed by atoms with Crippen LogP contribution in [0.3, 0.4) is 0 Å². The van der Waals surface area contributed by atoms with Gasteiger partial charge >= 0.3 is 0 Å². The maximum atomic E-state index is 12.8. The van der Waals surface area contributed by atoms with E-state index < -0.39 is 11.9 Å². The van der Waals surface area contributed by atoms with Crippen molar-refractivity contribution in [1.29, 1.82) is 0 Å². The van der Waals surface area contributed by atoms with Crippen LogP contribution in [0.4, 0.5) is 0 Å². The highest BCUT2D eigenvalue weighted by molar-refractivity contribution is 5.79. The maximum absolute atomic E-state index is 12.8. The van der Waals surface area contributed by atoms with Gasteiger partial charge in [0.2, 0.25) is 0 Å². The predicted octanol–water partition coefficient (Wildman–Crippen LogP) is 6.95. The van der Waals surface area contributed by atoms with Crippen LogP contribution in [0.25, 0.3) is 0 Å². The molecular weight excluding hydrogens is 460 g/mol. The van der Waals surface area contributed by atoms with Gasteiger partial charge in [-0.2, -0.15) is 0 Å². The molecule has 37 heavy (non-hydrogen) atoms. The zero-order valence-electron chi connectivity index (χ0n) is 24.8. The standard InChI is InChI=1S/C33H52O4/c1-20(34)22-18-28(2,3)19-23-21(22)9-11-31(7)24(23)17-25(35)27-30(6)13-14-33(36-15-16-37-33)29(4,5)26(30)10-12-32(27,31)8/h17,21-23,25-27,35H,9-16,18-19H2,1-8H3/t21?,22-,23?,25-,26?,27?,30-,31+,32+/m0/s1. The third kappa shape index (κ3) is 3.27. The molecule has 0 radical (unpaired) electrons. The molecule has 6 rings (SSSR count). The number of rotatable bonds is 1. The van der Waals surface area contributed by atoms with Crippen molar-refractivity contribution < 1.29 is 19.4 Å². The van der Waals surface area contributed by atoms with Gasteiger partial charge in [0.1, 0.15) is 5.78 Å². The highest BCUT2D eigenvalue weighted by Crippen LogP contribution is 2.75. The molecule has 0 aromatic heterocycles. The van der Waals surface area contributed by atoms with Crippen LogP contribution in [0, 0.1) is 56.7 Å². The molecule has 1 aliphatic heterocycles. The van der Waals surface area contributed by atoms with Gasteiger partial charge in [-0.05, 0) is 91.3 Å². The van der Waals surface area contributed by atoms with Gasteiger partial charge in [0.25, 0.3) is 0 Å². The van der Waals surface area contributed by atoms with E-state index in [1.54, 1.807) is 0 Å². The summed E-state index contributed by atoms with van der Waals surface area (Å²) in [6.07, 6.45) is 10.6. The van der Waals surface area contributed by atoms with Gasteiger partial charge in [-0.1, -0.05) is 60.1 Å². The molecular formula is C33H52O4. The van der Waals surface area contributed by atoms with Gasteiger partial charge in [-0.3, -0.25) is 4.79 Å². The van der Waals surface area contributed by atoms with Crippen LogP contribution in [-0.4, -0.2) is 36.0 Å². The average molecular weight is 513 g/mol. The molecule has 1 saturated heterocycles. The van der Waals surface area contributed by atoms with Crippen molar-refractivity contribution in [1.82, 2.24) is 0 Å². The number of Topliss-reactive ketones (excluding diaryl/α,β-unsaturated/α-hetero) is 1. The van der Waals surface area contributed by atoms with E-state index in [0.717, 1.165) is 51.4 Å². The molecule has 4 heteroatoms. The second-order valence-electron chi connectivity index (χ2n) is 16.2. The van der Waals surface area contributed by atoms with E-state index in [1.807, 2.05) is 6.92 Å². The quantitative estimate of drug-likeness (QED) is 0.386. The number of ether oxygens (including phenoxy) is 2. The van der Waals surface area contributed by atoms with E-state index in [2.05, 4.69) is 54.5 Å². The number of aliphatic hydroxyl groups is 1. The van der Waals surface area contributed by atoms with Crippen LogP contribution in [0.2, 0.25) is 0 Å². The molecule has 1 heterocycles. The molecule has 4 saturated carbocycles. The summed E-state index contributed by atoms with van der Waals surface area (Å²) in [6, 6.07) is 0. The van der Waals surface area contributed by atoms with E-state index in [-0.39, 0.29) is 38.9 Å². The average Bonchev–Trinajstić information content (AvgIpc) is 3.28. The Bertz CT molecular complexity index is 1000. The van der Waals surface area contributed by atoms with Crippen molar-refractivity contribution in [2.75, 3.05) is 13.2 Å². The highest BCUT2D eigenvalue weighted by atomic mass is 16.7. The van der Waals surface area contributed by atoms with Crippen LogP contribution in [0.15, 0.2) is 11.6 Å². The largest absolute Gasteiger partial charge is 0.389 e. The zero-order chi connectivity index (χ0) is 26.8. The molecule has 0 bridgehead atoms. The fraction of sp³-hybridized carbons (Fsp3) is 0.909. The molecule has 9 atom stereocenters. The molecule has 5 fully saturated rings. The maximum Gasteiger partial charge on any atom is 0.173 e. The van der Waals surface area contributed by atoms with Crippen LogP contribution in [-0.2, 0) is 14.3 Å². The second kappa shape index (κ2) is 7.94. The van der Waals surface area contributed by atoms with E-state index in [0.29, 0.717) is 36.8 Å². The van der Waals surface area contributed by atoms with Gasteiger partial charge < -0.3 is 14.6 Å². The Morgan fingerprint density at radius 2 is 1.59 bits per heavy atom. The second-order valence-corrected chi connectivity index (χ2v) is 16.2. The van der Waals surface area contributed by atoms with Gasteiger partial charge in [-0.25, -0.2) is 0 Å². The Kier molecular flexibility index (Phi) is 5.69. The Morgan fingerprint density at radius 3 is 2.24 bits per heavy atom. The summed E-state index contributed by atoms with van der Waals surface area (Å²) >= 11 is 0. The monoisotopic (exact) mass is 512 g/mol. The number of fused-ring (bicyclic) bond motifs is 7. The first kappa shape index (κ1) is 26.5. The first-order valence-electron chi connectivity index (χ1n) is 15.3. The third-order valence-corrected chi connectivity index (χ3v) is 13.8. The molecule has 1 N–H and O–H groups in total. The summed E-state index contributed by atoms with van der Waals surface area (Å²) in [5.41, 5.74) is 1.71. The first-order valence-corrected chi connectivity index (χ1v) is 15.3. The normalized spacial score (nSPS) is 51.3. The Morgan fingerprint density at radius 1 is 0.919 bits per heavy atom. The number of aliphatic hydroxyl groups excluding tert-OH is 1. The Hall–Kier alpha value is -0.710. The lowest BCUT2D eigenvalue weighted by Gasteiger charge is -2.72. The lowest BCUT2D eigenvalue weighted by molar-refractivity contribution is -0.312. The van der Waals surface area contributed by atoms with Crippen molar-refractivity contribution in [2.45, 2.75) is 119 Å². The van der Waals surface area contributed by atoms with Gasteiger partial charge in [0.15, 0.2) is 5.79 Å². The number of ketones is 1. The van der Waals surface area contributed by atoms with Gasteiger partial charge in [0, 0.05) is 23.7 Å². The number of hydrogen-bond acceptors (Lipinski definition) is 4. The Labute approximate surface area is 225 Å². The van der Waals surface area contributed by atoms with Crippen molar-refractivity contribution in [3.63, 3.8) is 0 Å². The SMILES string of the molecule is CC(=O)[C@@H]1CC(C)(C)CC2C3=C[C@H](O)C4[C@@]5(C)CCC6(OCCO6)C(C)(C)C5CC[C@@]4(C)[C@]3(C)CCC21. The zero-order valence-corrected chi connectivity index (χ0v) is 24.8. The summed E-state index contributed by atoms with van der Waals surface area (Å²) < 4.78 is 12.7. The van der Waals surface area contributed by atoms with E-state index in [1.165, 1.54) is 5.57 Å². The molecule has 6 aliphatic rings. The number of hydrogen-bond donors (Lipinski definition) is 1. The summed E-state index contributed by atoms with van der Waals surface area (Å²) in [5, 5.41) is 12.1. The molecule has 0 aromatic carbocycles. The number of carbonyl (C=O) groups excluding carboxylic acids is 1. The van der Waals surface area contributed by atoms with E-state index in [9.17, 15) is 9.90 Å². The first-order chi connectivity index (χ1) is 17.1. The molecule has 4 unspecified atom stereocenters. The Balaban J connectivity index is 1.42. The van der Waals surface area contributed by atoms with Crippen LogP contribution in [0.1, 0.15) is 107 Å². The number of allylic oxidation sites excluding steroid dienone is 1. The van der Waals surface area contributed by atoms with Gasteiger partial charge in [-0.15, -0.1) is 0 Å². The van der Waals surface area contributed by atoms with E-state index >= 15 is 0 Å². The third-order valence-electron chi connectivity index (χ3n) is 13.8. The molecule has 208 valence electrons. The molecule has 0 aromatic rings. The van der Waals surface area contributed by atoms with Crippen molar-refractivity contribution in [3.8, 4) is 0 Å². The minimum atomic E-state index is -0.469. The highest BCUT2D eigenvalue weighted by Gasteiger charge is 2.72. The molecule has 4 nitrogen and oxygen atoms in total. The summed E-state index contributed by atoms with van der Waals surface area (Å²) in [4.78, 5) is 12.8. The van der Waals surface area contributed by atoms with Crippen molar-refractivity contribution >= 4 is 5.78 Å². The summed E-state index contributed by atoms with van der Waals surface area (Å²) in [7, 11) is 0. The minimum Gasteiger partial charge on any atom is -0.389 e.